The second-order valence-corrected chi connectivity index (χ2v) is 9.22. The molecule has 2 aromatic heterocycles. The molecule has 1 fully saturated rings. The molecule has 0 saturated carbocycles. The van der Waals surface area contributed by atoms with Crippen molar-refractivity contribution in [3.8, 4) is 11.3 Å². The molecule has 1 aliphatic rings. The van der Waals surface area contributed by atoms with Gasteiger partial charge in [-0.2, -0.15) is 0 Å². The average molecular weight is 534 g/mol. The van der Waals surface area contributed by atoms with Crippen LogP contribution >= 0.6 is 28.1 Å². The number of carboxylic acid groups (broad SMARTS) is 1. The molecule has 2 N–H and O–H groups in total. The lowest BCUT2D eigenvalue weighted by molar-refractivity contribution is 0.0697. The molecule has 2 unspecified atom stereocenters. The maximum Gasteiger partial charge on any atom is 0.336 e. The fourth-order valence-electron chi connectivity index (χ4n) is 4.24. The molecule has 0 radical (unpaired) electrons. The largest absolute Gasteiger partial charge is 0.478 e. The lowest BCUT2D eigenvalue weighted by Crippen LogP contribution is -2.29. The number of aryl methyl sites for hydroxylation is 1. The molecule has 0 amide bonds. The van der Waals surface area contributed by atoms with Crippen LogP contribution in [0.15, 0.2) is 87.9 Å². The Morgan fingerprint density at radius 1 is 1.12 bits per heavy atom. The van der Waals surface area contributed by atoms with Gasteiger partial charge >= 0.3 is 5.97 Å². The van der Waals surface area contributed by atoms with E-state index in [-0.39, 0.29) is 17.6 Å². The van der Waals surface area contributed by atoms with Crippen molar-refractivity contribution in [1.29, 1.82) is 0 Å². The van der Waals surface area contributed by atoms with Gasteiger partial charge in [-0.05, 0) is 73.2 Å². The number of aromatic nitrogens is 1. The van der Waals surface area contributed by atoms with Crippen LogP contribution in [0.5, 0.6) is 0 Å². The highest BCUT2D eigenvalue weighted by Crippen LogP contribution is 2.43. The fourth-order valence-corrected chi connectivity index (χ4v) is 4.83. The molecule has 170 valence electrons. The van der Waals surface area contributed by atoms with Gasteiger partial charge in [0, 0.05) is 21.9 Å². The number of rotatable bonds is 5. The third-order valence-corrected chi connectivity index (χ3v) is 7.06. The van der Waals surface area contributed by atoms with E-state index in [1.54, 1.807) is 36.5 Å². The molecule has 0 spiro atoms. The molecule has 4 aromatic rings. The zero-order valence-electron chi connectivity index (χ0n) is 18.1. The van der Waals surface area contributed by atoms with Crippen LogP contribution < -0.4 is 10.2 Å². The molecule has 5 rings (SSSR count). The van der Waals surface area contributed by atoms with Crippen molar-refractivity contribution < 1.29 is 14.3 Å². The monoisotopic (exact) mass is 533 g/mol. The standard InChI is InChI=1S/C26H20BrN3O3S/c1-15-14-16(9-10-19(15)27)30-24(23(29-26(30)34)20-8-4-5-13-28-20)22-12-11-21(33-22)17-6-2-3-7-18(17)25(31)32/h2-14,23-24H,1H3,(H,29,34)(H,31,32). The van der Waals surface area contributed by atoms with E-state index in [0.717, 1.165) is 21.4 Å². The highest BCUT2D eigenvalue weighted by molar-refractivity contribution is 9.10. The molecule has 1 saturated heterocycles. The first-order valence-electron chi connectivity index (χ1n) is 10.6. The minimum atomic E-state index is -1.00. The zero-order valence-corrected chi connectivity index (χ0v) is 20.5. The summed E-state index contributed by atoms with van der Waals surface area (Å²) in [6, 6.07) is 21.7. The molecule has 8 heteroatoms. The Labute approximate surface area is 210 Å². The number of hydrogen-bond donors (Lipinski definition) is 2. The van der Waals surface area contributed by atoms with Crippen molar-refractivity contribution >= 4 is 44.9 Å². The van der Waals surface area contributed by atoms with Gasteiger partial charge < -0.3 is 19.7 Å². The third-order valence-electron chi connectivity index (χ3n) is 5.86. The minimum Gasteiger partial charge on any atom is -0.478 e. The molecule has 0 bridgehead atoms. The summed E-state index contributed by atoms with van der Waals surface area (Å²) in [5.41, 5.74) is 3.54. The number of hydrogen-bond acceptors (Lipinski definition) is 4. The van der Waals surface area contributed by atoms with E-state index >= 15 is 0 Å². The maximum absolute atomic E-state index is 11.7. The number of nitrogens with one attached hydrogen (secondary N) is 1. The molecule has 2 aromatic carbocycles. The Kier molecular flexibility index (Phi) is 5.93. The lowest BCUT2D eigenvalue weighted by Gasteiger charge is -2.26. The van der Waals surface area contributed by atoms with Gasteiger partial charge in [-0.15, -0.1) is 0 Å². The topological polar surface area (TPSA) is 78.6 Å². The first-order chi connectivity index (χ1) is 16.4. The van der Waals surface area contributed by atoms with E-state index in [2.05, 4.69) is 32.3 Å². The number of carboxylic acids is 1. The number of furan rings is 1. The first-order valence-corrected chi connectivity index (χ1v) is 11.8. The first kappa shape index (κ1) is 22.3. The van der Waals surface area contributed by atoms with Gasteiger partial charge in [0.1, 0.15) is 17.6 Å². The van der Waals surface area contributed by atoms with Gasteiger partial charge in [0.2, 0.25) is 0 Å². The van der Waals surface area contributed by atoms with E-state index in [1.807, 2.05) is 48.2 Å². The lowest BCUT2D eigenvalue weighted by atomic mass is 10.0. The molecule has 3 heterocycles. The second kappa shape index (κ2) is 9.04. The Morgan fingerprint density at radius 3 is 2.65 bits per heavy atom. The van der Waals surface area contributed by atoms with Gasteiger partial charge in [-0.25, -0.2) is 4.79 Å². The number of halogens is 1. The highest BCUT2D eigenvalue weighted by atomic mass is 79.9. The molecule has 6 nitrogen and oxygen atoms in total. The predicted molar refractivity (Wildman–Crippen MR) is 138 cm³/mol. The van der Waals surface area contributed by atoms with Crippen molar-refractivity contribution in [2.24, 2.45) is 0 Å². The number of pyridine rings is 1. The van der Waals surface area contributed by atoms with E-state index in [0.29, 0.717) is 22.2 Å². The number of anilines is 1. The van der Waals surface area contributed by atoms with E-state index in [9.17, 15) is 9.90 Å². The summed E-state index contributed by atoms with van der Waals surface area (Å²) < 4.78 is 7.32. The Balaban J connectivity index is 1.63. The van der Waals surface area contributed by atoms with Crippen LogP contribution in [0, 0.1) is 6.92 Å². The number of carbonyl (C=O) groups is 1. The van der Waals surface area contributed by atoms with Crippen molar-refractivity contribution in [2.75, 3.05) is 4.90 Å². The summed E-state index contributed by atoms with van der Waals surface area (Å²) in [6.07, 6.45) is 1.75. The van der Waals surface area contributed by atoms with Gasteiger partial charge in [0.05, 0.1) is 17.3 Å². The minimum absolute atomic E-state index is 0.185. The summed E-state index contributed by atoms with van der Waals surface area (Å²) in [4.78, 5) is 18.3. The number of aromatic carboxylic acids is 1. The third kappa shape index (κ3) is 3.99. The number of nitrogens with zero attached hydrogens (tertiary/aromatic N) is 2. The van der Waals surface area contributed by atoms with Crippen LogP contribution in [0.3, 0.4) is 0 Å². The summed E-state index contributed by atoms with van der Waals surface area (Å²) in [5.74, 6) is 0.131. The summed E-state index contributed by atoms with van der Waals surface area (Å²) in [6.45, 7) is 2.03. The summed E-state index contributed by atoms with van der Waals surface area (Å²) >= 11 is 9.33. The molecule has 0 aliphatic carbocycles. The predicted octanol–water partition coefficient (Wildman–Crippen LogP) is 6.29. The van der Waals surface area contributed by atoms with Crippen LogP contribution in [0.2, 0.25) is 0 Å². The van der Waals surface area contributed by atoms with E-state index < -0.39 is 5.97 Å². The second-order valence-electron chi connectivity index (χ2n) is 7.98. The van der Waals surface area contributed by atoms with Crippen LogP contribution in [0.25, 0.3) is 11.3 Å². The fraction of sp³-hybridized carbons (Fsp3) is 0.115. The van der Waals surface area contributed by atoms with Crippen LogP contribution in [-0.4, -0.2) is 21.2 Å². The van der Waals surface area contributed by atoms with Gasteiger partial charge in [0.25, 0.3) is 0 Å². The SMILES string of the molecule is Cc1cc(N2C(=S)NC(c3ccccn3)C2c2ccc(-c3ccccc3C(=O)O)o2)ccc1Br. The molecular weight excluding hydrogens is 514 g/mol. The van der Waals surface area contributed by atoms with Gasteiger partial charge in [-0.3, -0.25) is 4.98 Å². The maximum atomic E-state index is 11.7. The Hall–Kier alpha value is -3.49. The highest BCUT2D eigenvalue weighted by Gasteiger charge is 2.42. The van der Waals surface area contributed by atoms with Crippen molar-refractivity contribution in [1.82, 2.24) is 10.3 Å². The number of thiocarbonyl (C=S) groups is 1. The van der Waals surface area contributed by atoms with Crippen LogP contribution in [-0.2, 0) is 0 Å². The van der Waals surface area contributed by atoms with Gasteiger partial charge in [0.15, 0.2) is 5.11 Å². The van der Waals surface area contributed by atoms with Crippen LogP contribution in [0.1, 0.15) is 39.5 Å². The van der Waals surface area contributed by atoms with Gasteiger partial charge in [-0.1, -0.05) is 40.2 Å². The summed E-state index contributed by atoms with van der Waals surface area (Å²) in [5, 5.41) is 13.6. The van der Waals surface area contributed by atoms with E-state index in [1.165, 1.54) is 0 Å². The molecule has 34 heavy (non-hydrogen) atoms. The molecular formula is C26H20BrN3O3S. The number of benzene rings is 2. The quantitative estimate of drug-likeness (QED) is 0.292. The molecule has 1 aliphatic heterocycles. The van der Waals surface area contributed by atoms with Crippen LogP contribution in [0.4, 0.5) is 5.69 Å². The summed E-state index contributed by atoms with van der Waals surface area (Å²) in [7, 11) is 0. The van der Waals surface area contributed by atoms with Crippen molar-refractivity contribution in [3.63, 3.8) is 0 Å². The van der Waals surface area contributed by atoms with Crippen molar-refractivity contribution in [3.05, 3.63) is 106 Å². The normalized spacial score (nSPS) is 17.6. The van der Waals surface area contributed by atoms with E-state index in [4.69, 9.17) is 16.6 Å². The average Bonchev–Trinajstić information content (AvgIpc) is 3.46. The Morgan fingerprint density at radius 2 is 1.91 bits per heavy atom. The zero-order chi connectivity index (χ0) is 23.8. The van der Waals surface area contributed by atoms with Crippen molar-refractivity contribution in [2.45, 2.75) is 19.0 Å². The Bertz CT molecular complexity index is 1390. The smallest absolute Gasteiger partial charge is 0.336 e. The molecule has 2 atom stereocenters.